The quantitative estimate of drug-likeness (QED) is 0.0479. The maximum Gasteiger partial charge on any atom is 0.187 e. The minimum Gasteiger partial charge on any atom is -0.394 e. The molecule has 2 fully saturated rings. The summed E-state index contributed by atoms with van der Waals surface area (Å²) in [6.45, 7) is -1.11. The van der Waals surface area contributed by atoms with E-state index >= 15 is 0 Å². The molecule has 7 N–H and O–H groups in total. The lowest BCUT2D eigenvalue weighted by Crippen LogP contribution is -2.64. The van der Waals surface area contributed by atoms with Crippen molar-refractivity contribution in [2.24, 2.45) is 5.11 Å². The summed E-state index contributed by atoms with van der Waals surface area (Å²) in [7, 11) is 0. The molecule has 0 aromatic heterocycles. The van der Waals surface area contributed by atoms with Crippen molar-refractivity contribution in [3.05, 3.63) is 10.4 Å². The first kappa shape index (κ1) is 30.7. The Balaban J connectivity index is 1.79. The van der Waals surface area contributed by atoms with Gasteiger partial charge in [0, 0.05) is 24.5 Å². The topological polar surface area (TPSA) is 254 Å². The van der Waals surface area contributed by atoms with Crippen molar-refractivity contribution in [1.82, 2.24) is 0 Å². The van der Waals surface area contributed by atoms with Crippen molar-refractivity contribution >= 4 is 5.78 Å². The molecule has 208 valence electrons. The SMILES string of the molecule is [N-]=[N+]=NCCOCC(=O)CCCCO[C@@H]1OC(CO)[C@@H](O[C@@H]2OC(CO)[C@H](O)[C@H](O)C2O)[C@H](O)C1O. The molecule has 0 aromatic rings. The van der Waals surface area contributed by atoms with E-state index < -0.39 is 74.6 Å². The highest BCUT2D eigenvalue weighted by Crippen LogP contribution is 2.29. The molecule has 0 spiro atoms. The fourth-order valence-corrected chi connectivity index (χ4v) is 3.73. The summed E-state index contributed by atoms with van der Waals surface area (Å²) in [6.07, 6.45) is -14.1. The number of unbranched alkanes of at least 4 members (excludes halogenated alkanes) is 1. The van der Waals surface area contributed by atoms with E-state index in [1.807, 2.05) is 0 Å². The number of carbonyl (C=O) groups is 1. The zero-order valence-corrected chi connectivity index (χ0v) is 19.6. The predicted molar refractivity (Wildman–Crippen MR) is 116 cm³/mol. The van der Waals surface area contributed by atoms with Crippen LogP contribution in [0.4, 0.5) is 0 Å². The van der Waals surface area contributed by atoms with Gasteiger partial charge < -0.3 is 59.4 Å². The van der Waals surface area contributed by atoms with Crippen molar-refractivity contribution in [2.45, 2.75) is 80.7 Å². The third-order valence-corrected chi connectivity index (χ3v) is 5.75. The molecule has 36 heavy (non-hydrogen) atoms. The molecule has 2 saturated heterocycles. The molecule has 2 heterocycles. The van der Waals surface area contributed by atoms with Gasteiger partial charge in [0.05, 0.1) is 19.8 Å². The lowest BCUT2D eigenvalue weighted by molar-refractivity contribution is -0.359. The van der Waals surface area contributed by atoms with Gasteiger partial charge in [-0.1, -0.05) is 5.11 Å². The maximum atomic E-state index is 11.7. The Morgan fingerprint density at radius 2 is 1.53 bits per heavy atom. The minimum absolute atomic E-state index is 0.0653. The van der Waals surface area contributed by atoms with Crippen LogP contribution >= 0.6 is 0 Å². The van der Waals surface area contributed by atoms with Crippen LogP contribution in [0.15, 0.2) is 5.11 Å². The van der Waals surface area contributed by atoms with Crippen LogP contribution in [0.25, 0.3) is 10.4 Å². The fourth-order valence-electron chi connectivity index (χ4n) is 3.73. The molecule has 0 radical (unpaired) electrons. The van der Waals surface area contributed by atoms with Crippen LogP contribution in [-0.4, -0.2) is 143 Å². The molecule has 2 aliphatic rings. The van der Waals surface area contributed by atoms with E-state index in [1.54, 1.807) is 0 Å². The number of hydrogen-bond acceptors (Lipinski definition) is 14. The van der Waals surface area contributed by atoms with Gasteiger partial charge in [-0.15, -0.1) is 0 Å². The second kappa shape index (κ2) is 15.7. The van der Waals surface area contributed by atoms with Crippen LogP contribution in [0.3, 0.4) is 0 Å². The van der Waals surface area contributed by atoms with Crippen LogP contribution in [0.5, 0.6) is 0 Å². The summed E-state index contributed by atoms with van der Waals surface area (Å²) >= 11 is 0. The second-order valence-electron chi connectivity index (χ2n) is 8.38. The summed E-state index contributed by atoms with van der Waals surface area (Å²) in [5.74, 6) is -0.145. The van der Waals surface area contributed by atoms with Crippen LogP contribution < -0.4 is 0 Å². The lowest BCUT2D eigenvalue weighted by Gasteiger charge is -2.45. The van der Waals surface area contributed by atoms with Crippen molar-refractivity contribution in [2.75, 3.05) is 39.6 Å². The highest BCUT2D eigenvalue weighted by atomic mass is 16.7. The van der Waals surface area contributed by atoms with Gasteiger partial charge in [0.2, 0.25) is 0 Å². The highest BCUT2D eigenvalue weighted by molar-refractivity contribution is 5.79. The molecule has 0 aliphatic carbocycles. The van der Waals surface area contributed by atoms with Gasteiger partial charge in [0.15, 0.2) is 18.4 Å². The number of azide groups is 1. The molecule has 16 heteroatoms. The monoisotopic (exact) mass is 525 g/mol. The van der Waals surface area contributed by atoms with E-state index in [2.05, 4.69) is 10.0 Å². The van der Waals surface area contributed by atoms with Gasteiger partial charge in [-0.25, -0.2) is 0 Å². The zero-order chi connectivity index (χ0) is 26.7. The molecular formula is C20H35N3O13. The first-order chi connectivity index (χ1) is 17.2. The summed E-state index contributed by atoms with van der Waals surface area (Å²) in [6, 6.07) is 0. The highest BCUT2D eigenvalue weighted by Gasteiger charge is 2.50. The van der Waals surface area contributed by atoms with E-state index in [1.165, 1.54) is 0 Å². The molecule has 10 atom stereocenters. The largest absolute Gasteiger partial charge is 0.394 e. The number of aliphatic hydroxyl groups is 7. The number of ether oxygens (including phenoxy) is 5. The third kappa shape index (κ3) is 8.53. The van der Waals surface area contributed by atoms with Gasteiger partial charge in [-0.2, -0.15) is 0 Å². The Morgan fingerprint density at radius 3 is 2.19 bits per heavy atom. The third-order valence-electron chi connectivity index (χ3n) is 5.75. The Hall–Kier alpha value is -1.50. The number of Topliss-reactive ketones (excluding diaryl/α,β-unsaturated/α-hetero) is 1. The number of nitrogens with zero attached hydrogens (tertiary/aromatic N) is 3. The van der Waals surface area contributed by atoms with Gasteiger partial charge in [0.25, 0.3) is 0 Å². The number of hydrogen-bond donors (Lipinski definition) is 7. The first-order valence-electron chi connectivity index (χ1n) is 11.6. The molecule has 0 amide bonds. The van der Waals surface area contributed by atoms with Gasteiger partial charge >= 0.3 is 0 Å². The number of aliphatic hydroxyl groups excluding tert-OH is 7. The Bertz CT molecular complexity index is 708. The van der Waals surface area contributed by atoms with Crippen LogP contribution in [0, 0.1) is 0 Å². The summed E-state index contributed by atoms with van der Waals surface area (Å²) in [5.41, 5.74) is 8.15. The van der Waals surface area contributed by atoms with Crippen molar-refractivity contribution < 1.29 is 64.2 Å². The zero-order valence-electron chi connectivity index (χ0n) is 19.6. The van der Waals surface area contributed by atoms with Crippen LogP contribution in [-0.2, 0) is 28.5 Å². The maximum absolute atomic E-state index is 11.7. The predicted octanol–water partition coefficient (Wildman–Crippen LogP) is -3.31. The average molecular weight is 526 g/mol. The second-order valence-corrected chi connectivity index (χ2v) is 8.38. The Morgan fingerprint density at radius 1 is 0.861 bits per heavy atom. The number of rotatable bonds is 15. The molecule has 4 unspecified atom stereocenters. The van der Waals surface area contributed by atoms with Gasteiger partial charge in [0.1, 0.15) is 55.4 Å². The average Bonchev–Trinajstić information content (AvgIpc) is 2.87. The normalized spacial score (nSPS) is 36.9. The molecule has 0 saturated carbocycles. The van der Waals surface area contributed by atoms with E-state index in [9.17, 15) is 40.5 Å². The molecule has 2 rings (SSSR count). The van der Waals surface area contributed by atoms with E-state index in [4.69, 9.17) is 29.2 Å². The Kier molecular flexibility index (Phi) is 13.4. The molecule has 0 aromatic carbocycles. The van der Waals surface area contributed by atoms with Crippen molar-refractivity contribution in [1.29, 1.82) is 0 Å². The standard InChI is InChI=1S/C20H35N3O13/c21-23-22-4-6-32-9-10(26)3-1-2-5-33-19-17(31)15(29)18(12(8-25)35-19)36-20-16(30)14(28)13(27)11(7-24)34-20/h11-20,24-25,27-31H,1-9H2/t11?,12?,13-,14-,15+,16?,17?,18+,19+,20-/m0/s1. The van der Waals surface area contributed by atoms with Gasteiger partial charge in [-0.3, -0.25) is 4.79 Å². The molecule has 2 aliphatic heterocycles. The summed E-state index contributed by atoms with van der Waals surface area (Å²) < 4.78 is 26.7. The van der Waals surface area contributed by atoms with Crippen molar-refractivity contribution in [3.63, 3.8) is 0 Å². The Labute approximate surface area is 206 Å². The smallest absolute Gasteiger partial charge is 0.187 e. The molecule has 16 nitrogen and oxygen atoms in total. The summed E-state index contributed by atoms with van der Waals surface area (Å²) in [4.78, 5) is 14.3. The van der Waals surface area contributed by atoms with E-state index in [-0.39, 0.29) is 38.6 Å². The fraction of sp³-hybridized carbons (Fsp3) is 0.950. The van der Waals surface area contributed by atoms with E-state index in [0.717, 1.165) is 0 Å². The van der Waals surface area contributed by atoms with E-state index in [0.29, 0.717) is 12.8 Å². The van der Waals surface area contributed by atoms with Crippen LogP contribution in [0.1, 0.15) is 19.3 Å². The minimum atomic E-state index is -1.75. The lowest BCUT2D eigenvalue weighted by atomic mass is 9.97. The first-order valence-corrected chi connectivity index (χ1v) is 11.6. The summed E-state index contributed by atoms with van der Waals surface area (Å²) in [5, 5.41) is 73.1. The molecule has 0 bridgehead atoms. The van der Waals surface area contributed by atoms with Crippen molar-refractivity contribution in [3.8, 4) is 0 Å². The molecular weight excluding hydrogens is 490 g/mol. The number of carbonyl (C=O) groups excluding carboxylic acids is 1. The van der Waals surface area contributed by atoms with Crippen LogP contribution in [0.2, 0.25) is 0 Å². The number of ketones is 1. The van der Waals surface area contributed by atoms with Gasteiger partial charge in [-0.05, 0) is 18.4 Å².